The molecule has 0 bridgehead atoms. The summed E-state index contributed by atoms with van der Waals surface area (Å²) in [7, 11) is 1.64. The molecule has 4 rings (SSSR count). The SMILES string of the molecule is COc1cccc(NC(=O)CCC2CCN([C@H]3CCc4ccccc4C3)CC2)c1. The number of piperidine rings is 1. The molecule has 4 heteroatoms. The Balaban J connectivity index is 1.20. The third-order valence-corrected chi connectivity index (χ3v) is 6.62. The number of likely N-dealkylation sites (tertiary alicyclic amines) is 1. The maximum Gasteiger partial charge on any atom is 0.224 e. The quantitative estimate of drug-likeness (QED) is 0.776. The van der Waals surface area contributed by atoms with Crippen LogP contribution >= 0.6 is 0 Å². The van der Waals surface area contributed by atoms with Gasteiger partial charge in [-0.25, -0.2) is 0 Å². The minimum atomic E-state index is 0.101. The lowest BCUT2D eigenvalue weighted by Gasteiger charge is -2.39. The fraction of sp³-hybridized carbons (Fsp3) is 0.480. The number of nitrogens with zero attached hydrogens (tertiary/aromatic N) is 1. The van der Waals surface area contributed by atoms with E-state index in [9.17, 15) is 4.79 Å². The number of hydrogen-bond donors (Lipinski definition) is 1. The van der Waals surface area contributed by atoms with Gasteiger partial charge in [0.1, 0.15) is 5.75 Å². The summed E-state index contributed by atoms with van der Waals surface area (Å²) in [6.07, 6.45) is 7.70. The molecule has 0 aromatic heterocycles. The highest BCUT2D eigenvalue weighted by Crippen LogP contribution is 2.29. The second-order valence-electron chi connectivity index (χ2n) is 8.46. The van der Waals surface area contributed by atoms with Crippen LogP contribution in [0, 0.1) is 5.92 Å². The third kappa shape index (κ3) is 5.18. The lowest BCUT2D eigenvalue weighted by molar-refractivity contribution is -0.116. The molecule has 1 saturated heterocycles. The van der Waals surface area contributed by atoms with Gasteiger partial charge >= 0.3 is 0 Å². The molecule has 2 aromatic rings. The first-order valence-corrected chi connectivity index (χ1v) is 11.0. The van der Waals surface area contributed by atoms with E-state index in [4.69, 9.17) is 4.74 Å². The molecule has 1 atom stereocenters. The second kappa shape index (κ2) is 9.45. The number of carbonyl (C=O) groups is 1. The van der Waals surface area contributed by atoms with Gasteiger partial charge in [-0.15, -0.1) is 0 Å². The van der Waals surface area contributed by atoms with Crippen LogP contribution < -0.4 is 10.1 Å². The number of rotatable bonds is 6. The number of hydrogen-bond acceptors (Lipinski definition) is 3. The van der Waals surface area contributed by atoms with Crippen LogP contribution in [0.15, 0.2) is 48.5 Å². The summed E-state index contributed by atoms with van der Waals surface area (Å²) in [4.78, 5) is 15.0. The minimum absolute atomic E-state index is 0.101. The summed E-state index contributed by atoms with van der Waals surface area (Å²) in [5.74, 6) is 1.53. The maximum absolute atomic E-state index is 12.3. The highest BCUT2D eigenvalue weighted by Gasteiger charge is 2.28. The molecule has 0 spiro atoms. The molecule has 0 radical (unpaired) electrons. The Labute approximate surface area is 174 Å². The third-order valence-electron chi connectivity index (χ3n) is 6.62. The predicted molar refractivity (Wildman–Crippen MR) is 117 cm³/mol. The van der Waals surface area contributed by atoms with Crippen LogP contribution in [0.4, 0.5) is 5.69 Å². The van der Waals surface area contributed by atoms with E-state index in [2.05, 4.69) is 34.5 Å². The summed E-state index contributed by atoms with van der Waals surface area (Å²) < 4.78 is 5.22. The first kappa shape index (κ1) is 20.0. The van der Waals surface area contributed by atoms with E-state index in [0.29, 0.717) is 18.4 Å². The Morgan fingerprint density at radius 1 is 1.07 bits per heavy atom. The Kier molecular flexibility index (Phi) is 6.50. The molecule has 1 N–H and O–H groups in total. The van der Waals surface area contributed by atoms with Crippen LogP contribution in [-0.4, -0.2) is 37.0 Å². The van der Waals surface area contributed by atoms with Crippen LogP contribution in [0.25, 0.3) is 0 Å². The number of nitrogens with one attached hydrogen (secondary N) is 1. The van der Waals surface area contributed by atoms with Crippen LogP contribution in [0.1, 0.15) is 43.2 Å². The zero-order valence-corrected chi connectivity index (χ0v) is 17.4. The predicted octanol–water partition coefficient (Wildman–Crippen LogP) is 4.68. The lowest BCUT2D eigenvalue weighted by atomic mass is 9.85. The van der Waals surface area contributed by atoms with Crippen molar-refractivity contribution in [3.8, 4) is 5.75 Å². The van der Waals surface area contributed by atoms with Crippen LogP contribution in [0.2, 0.25) is 0 Å². The Morgan fingerprint density at radius 2 is 1.86 bits per heavy atom. The maximum atomic E-state index is 12.3. The lowest BCUT2D eigenvalue weighted by Crippen LogP contribution is -2.44. The average Bonchev–Trinajstić information content (AvgIpc) is 2.78. The van der Waals surface area contributed by atoms with Gasteiger partial charge in [-0.05, 0) is 80.8 Å². The smallest absolute Gasteiger partial charge is 0.224 e. The van der Waals surface area contributed by atoms with Crippen molar-refractivity contribution >= 4 is 11.6 Å². The van der Waals surface area contributed by atoms with Crippen LogP contribution in [0.3, 0.4) is 0 Å². The summed E-state index contributed by atoms with van der Waals surface area (Å²) in [5.41, 5.74) is 3.89. The standard InChI is InChI=1S/C25H32N2O2/c1-29-24-8-4-7-22(18-24)26-25(28)12-9-19-13-15-27(16-14-19)23-11-10-20-5-2-3-6-21(20)17-23/h2-8,18-19,23H,9-17H2,1H3,(H,26,28)/t23-/m0/s1. The molecule has 2 aliphatic rings. The van der Waals surface area contributed by atoms with Gasteiger partial charge in [0, 0.05) is 24.2 Å². The largest absolute Gasteiger partial charge is 0.497 e. The van der Waals surface area contributed by atoms with E-state index >= 15 is 0 Å². The van der Waals surface area contributed by atoms with Gasteiger partial charge < -0.3 is 15.0 Å². The molecule has 1 aliphatic carbocycles. The molecule has 0 saturated carbocycles. The molecule has 1 heterocycles. The normalized spacial score (nSPS) is 20.1. The van der Waals surface area contributed by atoms with Crippen molar-refractivity contribution in [1.82, 2.24) is 4.90 Å². The summed E-state index contributed by atoms with van der Waals surface area (Å²) >= 11 is 0. The van der Waals surface area contributed by atoms with Gasteiger partial charge in [-0.3, -0.25) is 4.79 Å². The average molecular weight is 393 g/mol. The summed E-state index contributed by atoms with van der Waals surface area (Å²) in [6, 6.07) is 17.2. The topological polar surface area (TPSA) is 41.6 Å². The molecule has 1 aliphatic heterocycles. The second-order valence-corrected chi connectivity index (χ2v) is 8.46. The number of ether oxygens (including phenoxy) is 1. The van der Waals surface area contributed by atoms with E-state index in [1.165, 1.54) is 45.2 Å². The van der Waals surface area contributed by atoms with Crippen molar-refractivity contribution in [2.45, 2.75) is 51.0 Å². The first-order chi connectivity index (χ1) is 14.2. The summed E-state index contributed by atoms with van der Waals surface area (Å²) in [6.45, 7) is 2.35. The number of aryl methyl sites for hydroxylation is 1. The number of benzene rings is 2. The van der Waals surface area contributed by atoms with Crippen molar-refractivity contribution < 1.29 is 9.53 Å². The van der Waals surface area contributed by atoms with Gasteiger partial charge in [0.2, 0.25) is 5.91 Å². The van der Waals surface area contributed by atoms with Gasteiger partial charge in [0.15, 0.2) is 0 Å². The van der Waals surface area contributed by atoms with Gasteiger partial charge in [0.05, 0.1) is 7.11 Å². The van der Waals surface area contributed by atoms with Crippen LogP contribution in [0.5, 0.6) is 5.75 Å². The van der Waals surface area contributed by atoms with E-state index in [1.807, 2.05) is 24.3 Å². The zero-order valence-electron chi connectivity index (χ0n) is 17.4. The fourth-order valence-corrected chi connectivity index (χ4v) is 4.86. The van der Waals surface area contributed by atoms with Gasteiger partial charge in [0.25, 0.3) is 0 Å². The zero-order chi connectivity index (χ0) is 20.1. The highest BCUT2D eigenvalue weighted by atomic mass is 16.5. The van der Waals surface area contributed by atoms with Crippen LogP contribution in [-0.2, 0) is 17.6 Å². The molecule has 4 nitrogen and oxygen atoms in total. The monoisotopic (exact) mass is 392 g/mol. The van der Waals surface area contributed by atoms with Crippen molar-refractivity contribution in [3.05, 3.63) is 59.7 Å². The number of methoxy groups -OCH3 is 1. The molecule has 1 amide bonds. The van der Waals surface area contributed by atoms with Crippen molar-refractivity contribution in [1.29, 1.82) is 0 Å². The Bertz CT molecular complexity index is 827. The molecule has 1 fully saturated rings. The molecule has 154 valence electrons. The number of amides is 1. The number of fused-ring (bicyclic) bond motifs is 1. The molecular formula is C25H32N2O2. The van der Waals surface area contributed by atoms with E-state index < -0.39 is 0 Å². The van der Waals surface area contributed by atoms with Gasteiger partial charge in [-0.2, -0.15) is 0 Å². The minimum Gasteiger partial charge on any atom is -0.497 e. The Hall–Kier alpha value is -2.33. The number of anilines is 1. The highest BCUT2D eigenvalue weighted by molar-refractivity contribution is 5.90. The van der Waals surface area contributed by atoms with E-state index in [1.54, 1.807) is 18.2 Å². The number of carbonyl (C=O) groups excluding carboxylic acids is 1. The van der Waals surface area contributed by atoms with E-state index in [0.717, 1.165) is 17.9 Å². The molecule has 29 heavy (non-hydrogen) atoms. The van der Waals surface area contributed by atoms with Gasteiger partial charge in [-0.1, -0.05) is 30.3 Å². The van der Waals surface area contributed by atoms with E-state index in [-0.39, 0.29) is 5.91 Å². The van der Waals surface area contributed by atoms with Crippen molar-refractivity contribution in [3.63, 3.8) is 0 Å². The van der Waals surface area contributed by atoms with Crippen molar-refractivity contribution in [2.24, 2.45) is 5.92 Å². The Morgan fingerprint density at radius 3 is 2.66 bits per heavy atom. The molecule has 2 aromatic carbocycles. The fourth-order valence-electron chi connectivity index (χ4n) is 4.86. The molecule has 0 unspecified atom stereocenters. The summed E-state index contributed by atoms with van der Waals surface area (Å²) in [5, 5.41) is 3.00. The molecular weight excluding hydrogens is 360 g/mol. The van der Waals surface area contributed by atoms with Crippen molar-refractivity contribution in [2.75, 3.05) is 25.5 Å². The first-order valence-electron chi connectivity index (χ1n) is 11.0.